The Morgan fingerprint density at radius 2 is 1.93 bits per heavy atom. The van der Waals surface area contributed by atoms with Crippen molar-refractivity contribution < 1.29 is 34.1 Å². The lowest BCUT2D eigenvalue weighted by atomic mass is 9.82. The van der Waals surface area contributed by atoms with Gasteiger partial charge in [0.1, 0.15) is 0 Å². The molecule has 5 N–H and O–H groups in total. The minimum absolute atomic E-state index is 0.0763. The van der Waals surface area contributed by atoms with Gasteiger partial charge in [0.2, 0.25) is 5.91 Å². The summed E-state index contributed by atoms with van der Waals surface area (Å²) in [7, 11) is 1.32. The van der Waals surface area contributed by atoms with E-state index in [4.69, 9.17) is 10.5 Å². The van der Waals surface area contributed by atoms with E-state index in [1.165, 1.54) is 12.0 Å². The molecule has 0 radical (unpaired) electrons. The summed E-state index contributed by atoms with van der Waals surface area (Å²) < 4.78 is 4.70. The molecule has 11 nitrogen and oxygen atoms in total. The number of nitrogens with one attached hydrogen (secondary N) is 1. The number of nitrogens with zero attached hydrogens (tertiary/aromatic N) is 2. The van der Waals surface area contributed by atoms with E-state index in [1.807, 2.05) is 0 Å². The molecule has 0 aliphatic carbocycles. The van der Waals surface area contributed by atoms with Gasteiger partial charge in [-0.2, -0.15) is 0 Å². The van der Waals surface area contributed by atoms with E-state index in [2.05, 4.69) is 5.32 Å². The number of amides is 3. The van der Waals surface area contributed by atoms with Gasteiger partial charge in [-0.05, 0) is 68.1 Å². The van der Waals surface area contributed by atoms with Gasteiger partial charge in [-0.15, -0.1) is 0 Å². The third kappa shape index (κ3) is 6.89. The van der Waals surface area contributed by atoms with Crippen molar-refractivity contribution >= 4 is 40.8 Å². The normalized spacial score (nSPS) is 20.4. The number of nitrogens with two attached hydrogens (primary N) is 1. The van der Waals surface area contributed by atoms with Crippen molar-refractivity contribution in [2.45, 2.75) is 57.1 Å². The largest absolute Gasteiger partial charge is 0.469 e. The number of likely N-dealkylation sites (tertiary alicyclic amines) is 1. The fraction of sp³-hybridized carbons (Fsp3) is 0.438. The van der Waals surface area contributed by atoms with Crippen LogP contribution in [0.4, 0.5) is 17.1 Å². The highest BCUT2D eigenvalue weighted by Crippen LogP contribution is 2.46. The van der Waals surface area contributed by atoms with E-state index in [0.717, 1.165) is 12.8 Å². The van der Waals surface area contributed by atoms with E-state index >= 15 is 0 Å². The monoisotopic (exact) mass is 592 g/mol. The minimum Gasteiger partial charge on any atom is -0.469 e. The maximum atomic E-state index is 13.8. The quantitative estimate of drug-likeness (QED) is 0.127. The number of nitrogen functional groups attached to an aromatic ring is 1. The molecule has 0 unspecified atom stereocenters. The molecule has 2 aliphatic rings. The molecule has 2 heterocycles. The Morgan fingerprint density at radius 1 is 1.19 bits per heavy atom. The zero-order valence-electron chi connectivity index (χ0n) is 24.6. The SMILES string of the molecule is COC(=O)CCCCN1C(=O)[C@](O)([C@H](C)/C=C/CC(=O)N2CCC[C@H]2CO)c2cc(NC(=O)c3ccc(N)cc3)ccc21. The van der Waals surface area contributed by atoms with Crippen LogP contribution < -0.4 is 16.0 Å². The fourth-order valence-corrected chi connectivity index (χ4v) is 5.71. The average molecular weight is 593 g/mol. The highest BCUT2D eigenvalue weighted by molar-refractivity contribution is 6.09. The van der Waals surface area contributed by atoms with E-state index in [1.54, 1.807) is 66.4 Å². The van der Waals surface area contributed by atoms with Gasteiger partial charge in [0.25, 0.3) is 11.8 Å². The van der Waals surface area contributed by atoms with Crippen molar-refractivity contribution in [1.29, 1.82) is 0 Å². The maximum Gasteiger partial charge on any atom is 0.305 e. The topological polar surface area (TPSA) is 162 Å². The van der Waals surface area contributed by atoms with Crippen LogP contribution in [0.2, 0.25) is 0 Å². The number of esters is 1. The van der Waals surface area contributed by atoms with Crippen LogP contribution >= 0.6 is 0 Å². The first-order chi connectivity index (χ1) is 20.6. The predicted molar refractivity (Wildman–Crippen MR) is 162 cm³/mol. The van der Waals surface area contributed by atoms with Gasteiger partial charge in [0.15, 0.2) is 5.60 Å². The average Bonchev–Trinajstić information content (AvgIpc) is 3.57. The van der Waals surface area contributed by atoms with Crippen LogP contribution in [0.3, 0.4) is 0 Å². The van der Waals surface area contributed by atoms with Crippen molar-refractivity contribution in [3.05, 3.63) is 65.7 Å². The molecular weight excluding hydrogens is 552 g/mol. The summed E-state index contributed by atoms with van der Waals surface area (Å²) >= 11 is 0. The van der Waals surface area contributed by atoms with Crippen molar-refractivity contribution in [2.24, 2.45) is 5.92 Å². The molecule has 2 aromatic rings. The van der Waals surface area contributed by atoms with E-state index < -0.39 is 17.4 Å². The molecule has 0 saturated carbocycles. The summed E-state index contributed by atoms with van der Waals surface area (Å²) in [6.07, 6.45) is 6.21. The Hall–Kier alpha value is -4.22. The van der Waals surface area contributed by atoms with Crippen LogP contribution in [-0.2, 0) is 24.7 Å². The Morgan fingerprint density at radius 3 is 2.63 bits per heavy atom. The van der Waals surface area contributed by atoms with Gasteiger partial charge in [-0.1, -0.05) is 19.1 Å². The van der Waals surface area contributed by atoms with Crippen molar-refractivity contribution in [2.75, 3.05) is 42.8 Å². The molecular formula is C32H40N4O7. The molecule has 230 valence electrons. The lowest BCUT2D eigenvalue weighted by Gasteiger charge is -2.28. The number of carbonyl (C=O) groups excluding carboxylic acids is 4. The summed E-state index contributed by atoms with van der Waals surface area (Å²) in [5.41, 5.74) is 5.94. The maximum absolute atomic E-state index is 13.8. The zero-order valence-corrected chi connectivity index (χ0v) is 24.6. The summed E-state index contributed by atoms with van der Waals surface area (Å²) in [6.45, 7) is 2.49. The second-order valence-electron chi connectivity index (χ2n) is 11.1. The molecule has 0 aromatic heterocycles. The second-order valence-corrected chi connectivity index (χ2v) is 11.1. The number of aliphatic hydroxyl groups excluding tert-OH is 1. The van der Waals surface area contributed by atoms with Crippen LogP contribution in [0.5, 0.6) is 0 Å². The summed E-state index contributed by atoms with van der Waals surface area (Å²) in [4.78, 5) is 54.2. The van der Waals surface area contributed by atoms with Gasteiger partial charge in [0.05, 0.1) is 25.4 Å². The molecule has 0 bridgehead atoms. The van der Waals surface area contributed by atoms with Crippen LogP contribution in [0.25, 0.3) is 0 Å². The molecule has 11 heteroatoms. The minimum atomic E-state index is -1.96. The number of hydrogen-bond acceptors (Lipinski definition) is 8. The number of carbonyl (C=O) groups is 4. The molecule has 2 aromatic carbocycles. The third-order valence-corrected chi connectivity index (χ3v) is 8.22. The lowest BCUT2D eigenvalue weighted by molar-refractivity contribution is -0.140. The number of aliphatic hydroxyl groups is 2. The number of methoxy groups -OCH3 is 1. The first-order valence-electron chi connectivity index (χ1n) is 14.6. The van der Waals surface area contributed by atoms with Gasteiger partial charge in [-0.3, -0.25) is 19.2 Å². The van der Waals surface area contributed by atoms with Gasteiger partial charge < -0.3 is 35.8 Å². The van der Waals surface area contributed by atoms with Crippen molar-refractivity contribution in [3.63, 3.8) is 0 Å². The Labute approximate surface area is 251 Å². The Bertz CT molecular complexity index is 1380. The van der Waals surface area contributed by atoms with Crippen LogP contribution in [0.1, 0.15) is 61.4 Å². The van der Waals surface area contributed by atoms with Crippen LogP contribution in [0.15, 0.2) is 54.6 Å². The van der Waals surface area contributed by atoms with Gasteiger partial charge >= 0.3 is 5.97 Å². The van der Waals surface area contributed by atoms with Crippen LogP contribution in [-0.4, -0.2) is 71.7 Å². The number of anilines is 3. The highest BCUT2D eigenvalue weighted by Gasteiger charge is 2.52. The highest BCUT2D eigenvalue weighted by atomic mass is 16.5. The summed E-state index contributed by atoms with van der Waals surface area (Å²) in [6, 6.07) is 11.2. The number of fused-ring (bicyclic) bond motifs is 1. The van der Waals surface area contributed by atoms with Gasteiger partial charge in [0, 0.05) is 54.4 Å². The first-order valence-corrected chi connectivity index (χ1v) is 14.6. The number of unbranched alkanes of at least 4 members (excludes halogenated alkanes) is 1. The smallest absolute Gasteiger partial charge is 0.305 e. The van der Waals surface area contributed by atoms with E-state index in [-0.39, 0.29) is 49.8 Å². The summed E-state index contributed by atoms with van der Waals surface area (Å²) in [5.74, 6) is -2.07. The fourth-order valence-electron chi connectivity index (χ4n) is 5.71. The van der Waals surface area contributed by atoms with Crippen LogP contribution in [0, 0.1) is 5.92 Å². The summed E-state index contributed by atoms with van der Waals surface area (Å²) in [5, 5.41) is 24.4. The van der Waals surface area contributed by atoms with Gasteiger partial charge in [-0.25, -0.2) is 0 Å². The second kappa shape index (κ2) is 13.8. The molecule has 2 aliphatic heterocycles. The third-order valence-electron chi connectivity index (χ3n) is 8.22. The molecule has 4 rings (SSSR count). The molecule has 1 saturated heterocycles. The Kier molecular flexibility index (Phi) is 10.2. The molecule has 0 spiro atoms. The van der Waals surface area contributed by atoms with E-state index in [0.29, 0.717) is 47.6 Å². The zero-order chi connectivity index (χ0) is 31.1. The number of hydrogen-bond donors (Lipinski definition) is 4. The van der Waals surface area contributed by atoms with E-state index in [9.17, 15) is 29.4 Å². The predicted octanol–water partition coefficient (Wildman–Crippen LogP) is 2.96. The first kappa shape index (κ1) is 31.7. The molecule has 3 amide bonds. The standard InChI is InChI=1S/C32H40N4O7/c1-21(7-5-9-28(38)35-18-6-8-25(35)20-37)32(42)26-19-24(34-30(40)22-11-13-23(33)14-12-22)15-16-27(26)36(31(32)41)17-4-3-10-29(39)43-2/h5,7,11-16,19,21,25,37,42H,3-4,6,8-10,17-18,20,33H2,1-2H3,(H,34,40)/b7-5+/t21-,25+,32+/m1/s1. The lowest BCUT2D eigenvalue weighted by Crippen LogP contribution is -2.44. The Balaban J connectivity index is 1.56. The van der Waals surface area contributed by atoms with Crippen molar-refractivity contribution in [3.8, 4) is 0 Å². The molecule has 1 fully saturated rings. The molecule has 3 atom stereocenters. The number of benzene rings is 2. The number of ether oxygens (including phenoxy) is 1. The molecule has 43 heavy (non-hydrogen) atoms. The number of rotatable bonds is 12. The van der Waals surface area contributed by atoms with Crippen molar-refractivity contribution in [1.82, 2.24) is 4.90 Å².